The number of hydrogen-bond donors (Lipinski definition) is 1. The van der Waals surface area contributed by atoms with Crippen LogP contribution in [0.15, 0.2) is 29.4 Å². The molecule has 27 heavy (non-hydrogen) atoms. The van der Waals surface area contributed by atoms with Crippen molar-refractivity contribution in [2.24, 2.45) is 0 Å². The number of ether oxygens (including phenoxy) is 1. The standard InChI is InChI=1S/C21H29N3O2S/c1-15-16(2)24(18-10-5-4-6-11-18)21(23-15)27-14-20(25)22-13-17-9-7-8-12-19(17)26-3/h7-9,12,18H,4-6,10-11,13-14H2,1-3H3,(H,22,25). The molecule has 5 nitrogen and oxygen atoms in total. The highest BCUT2D eigenvalue weighted by molar-refractivity contribution is 7.99. The summed E-state index contributed by atoms with van der Waals surface area (Å²) in [4.78, 5) is 17.1. The molecule has 3 rings (SSSR count). The van der Waals surface area contributed by atoms with E-state index in [1.165, 1.54) is 49.6 Å². The molecule has 0 aliphatic heterocycles. The number of imidazole rings is 1. The van der Waals surface area contributed by atoms with Crippen molar-refractivity contribution in [3.05, 3.63) is 41.2 Å². The first-order chi connectivity index (χ1) is 13.1. The van der Waals surface area contributed by atoms with Crippen molar-refractivity contribution in [2.45, 2.75) is 63.7 Å². The summed E-state index contributed by atoms with van der Waals surface area (Å²) in [6.07, 6.45) is 6.32. The Morgan fingerprint density at radius 1 is 1.26 bits per heavy atom. The van der Waals surface area contributed by atoms with Gasteiger partial charge in [0.05, 0.1) is 18.6 Å². The average molecular weight is 388 g/mol. The second-order valence-electron chi connectivity index (χ2n) is 7.10. The van der Waals surface area contributed by atoms with Crippen LogP contribution < -0.4 is 10.1 Å². The number of amides is 1. The predicted octanol–water partition coefficient (Wildman–Crippen LogP) is 4.42. The molecule has 1 aromatic heterocycles. The van der Waals surface area contributed by atoms with Gasteiger partial charge >= 0.3 is 0 Å². The van der Waals surface area contributed by atoms with Crippen LogP contribution in [0.1, 0.15) is 55.1 Å². The summed E-state index contributed by atoms with van der Waals surface area (Å²) in [5.74, 6) is 1.18. The van der Waals surface area contributed by atoms with Crippen molar-refractivity contribution in [1.29, 1.82) is 0 Å². The van der Waals surface area contributed by atoms with E-state index in [4.69, 9.17) is 9.72 Å². The van der Waals surface area contributed by atoms with E-state index < -0.39 is 0 Å². The minimum atomic E-state index is 0.0133. The van der Waals surface area contributed by atoms with Gasteiger partial charge in [-0.1, -0.05) is 49.2 Å². The number of aryl methyl sites for hydroxylation is 1. The Kier molecular flexibility index (Phi) is 6.83. The molecule has 0 saturated heterocycles. The van der Waals surface area contributed by atoms with E-state index >= 15 is 0 Å². The van der Waals surface area contributed by atoms with Gasteiger partial charge in [0, 0.05) is 23.8 Å². The number of benzene rings is 1. The fraction of sp³-hybridized carbons (Fsp3) is 0.524. The number of nitrogens with one attached hydrogen (secondary N) is 1. The van der Waals surface area contributed by atoms with Gasteiger partial charge in [-0.3, -0.25) is 4.79 Å². The largest absolute Gasteiger partial charge is 0.496 e. The number of methoxy groups -OCH3 is 1. The molecular formula is C21H29N3O2S. The minimum Gasteiger partial charge on any atom is -0.496 e. The van der Waals surface area contributed by atoms with E-state index in [0.29, 0.717) is 18.3 Å². The summed E-state index contributed by atoms with van der Waals surface area (Å²) in [6.45, 7) is 4.67. The lowest BCUT2D eigenvalue weighted by atomic mass is 9.95. The SMILES string of the molecule is COc1ccccc1CNC(=O)CSc1nc(C)c(C)n1C1CCCCC1. The van der Waals surface area contributed by atoms with E-state index in [0.717, 1.165) is 22.2 Å². The lowest BCUT2D eigenvalue weighted by Gasteiger charge is -2.26. The minimum absolute atomic E-state index is 0.0133. The molecule has 1 aromatic carbocycles. The molecule has 1 fully saturated rings. The molecule has 1 heterocycles. The highest BCUT2D eigenvalue weighted by atomic mass is 32.2. The van der Waals surface area contributed by atoms with E-state index in [9.17, 15) is 4.79 Å². The zero-order chi connectivity index (χ0) is 19.2. The summed E-state index contributed by atoms with van der Waals surface area (Å²) >= 11 is 1.54. The van der Waals surface area contributed by atoms with Gasteiger partial charge in [0.15, 0.2) is 5.16 Å². The molecule has 1 saturated carbocycles. The number of para-hydroxylation sites is 1. The summed E-state index contributed by atoms with van der Waals surface area (Å²) in [5, 5.41) is 3.96. The lowest BCUT2D eigenvalue weighted by molar-refractivity contribution is -0.118. The van der Waals surface area contributed by atoms with Gasteiger partial charge in [-0.2, -0.15) is 0 Å². The van der Waals surface area contributed by atoms with Crippen molar-refractivity contribution in [3.8, 4) is 5.75 Å². The summed E-state index contributed by atoms with van der Waals surface area (Å²) in [7, 11) is 1.65. The van der Waals surface area contributed by atoms with Crippen LogP contribution in [-0.2, 0) is 11.3 Å². The molecule has 6 heteroatoms. The first-order valence-electron chi connectivity index (χ1n) is 9.67. The van der Waals surface area contributed by atoms with Crippen molar-refractivity contribution in [3.63, 3.8) is 0 Å². The third kappa shape index (κ3) is 4.86. The Labute approximate surface area is 165 Å². The highest BCUT2D eigenvalue weighted by Gasteiger charge is 2.22. The van der Waals surface area contributed by atoms with Gasteiger partial charge in [0.2, 0.25) is 5.91 Å². The van der Waals surface area contributed by atoms with Gasteiger partial charge < -0.3 is 14.6 Å². The molecule has 0 radical (unpaired) electrons. The summed E-state index contributed by atoms with van der Waals surface area (Å²) in [6, 6.07) is 8.28. The predicted molar refractivity (Wildman–Crippen MR) is 109 cm³/mol. The molecule has 0 unspecified atom stereocenters. The van der Waals surface area contributed by atoms with Crippen LogP contribution in [0.2, 0.25) is 0 Å². The molecule has 1 amide bonds. The average Bonchev–Trinajstić information content (AvgIpc) is 2.99. The van der Waals surface area contributed by atoms with E-state index in [1.54, 1.807) is 7.11 Å². The van der Waals surface area contributed by atoms with Gasteiger partial charge in [-0.15, -0.1) is 0 Å². The zero-order valence-corrected chi connectivity index (χ0v) is 17.3. The second-order valence-corrected chi connectivity index (χ2v) is 8.05. The third-order valence-corrected chi connectivity index (χ3v) is 6.25. The molecule has 0 spiro atoms. The van der Waals surface area contributed by atoms with Crippen molar-refractivity contribution >= 4 is 17.7 Å². The monoisotopic (exact) mass is 387 g/mol. The fourth-order valence-electron chi connectivity index (χ4n) is 3.69. The van der Waals surface area contributed by atoms with Gasteiger partial charge in [-0.05, 0) is 32.8 Å². The summed E-state index contributed by atoms with van der Waals surface area (Å²) in [5.41, 5.74) is 3.28. The van der Waals surface area contributed by atoms with E-state index in [2.05, 4.69) is 23.7 Å². The smallest absolute Gasteiger partial charge is 0.230 e. The maximum absolute atomic E-state index is 12.4. The van der Waals surface area contributed by atoms with Gasteiger partial charge in [0.1, 0.15) is 5.75 Å². The molecule has 2 aromatic rings. The molecule has 0 atom stereocenters. The first-order valence-corrected chi connectivity index (χ1v) is 10.7. The van der Waals surface area contributed by atoms with Crippen LogP contribution in [0.5, 0.6) is 5.75 Å². The number of rotatable bonds is 7. The van der Waals surface area contributed by atoms with Crippen LogP contribution in [0, 0.1) is 13.8 Å². The second kappa shape index (κ2) is 9.31. The lowest BCUT2D eigenvalue weighted by Crippen LogP contribution is -2.25. The normalized spacial score (nSPS) is 14.9. The maximum atomic E-state index is 12.4. The Hall–Kier alpha value is -1.95. The third-order valence-electron chi connectivity index (χ3n) is 5.30. The number of carbonyl (C=O) groups excluding carboxylic acids is 1. The number of aromatic nitrogens is 2. The topological polar surface area (TPSA) is 56.1 Å². The van der Waals surface area contributed by atoms with Crippen molar-refractivity contribution in [1.82, 2.24) is 14.9 Å². The molecule has 1 N–H and O–H groups in total. The zero-order valence-electron chi connectivity index (χ0n) is 16.5. The Bertz CT molecular complexity index is 782. The molecule has 0 bridgehead atoms. The van der Waals surface area contributed by atoms with Crippen LogP contribution in [0.25, 0.3) is 0 Å². The van der Waals surface area contributed by atoms with Crippen molar-refractivity contribution < 1.29 is 9.53 Å². The Morgan fingerprint density at radius 2 is 2.00 bits per heavy atom. The fourth-order valence-corrected chi connectivity index (χ4v) is 4.68. The number of thioether (sulfide) groups is 1. The molecule has 1 aliphatic carbocycles. The van der Waals surface area contributed by atoms with E-state index in [1.807, 2.05) is 24.3 Å². The number of hydrogen-bond acceptors (Lipinski definition) is 4. The van der Waals surface area contributed by atoms with Gasteiger partial charge in [0.25, 0.3) is 0 Å². The quantitative estimate of drug-likeness (QED) is 0.715. The maximum Gasteiger partial charge on any atom is 0.230 e. The van der Waals surface area contributed by atoms with Crippen LogP contribution in [0.4, 0.5) is 0 Å². The molecule has 146 valence electrons. The van der Waals surface area contributed by atoms with E-state index in [-0.39, 0.29) is 5.91 Å². The van der Waals surface area contributed by atoms with Crippen LogP contribution in [0.3, 0.4) is 0 Å². The van der Waals surface area contributed by atoms with Crippen molar-refractivity contribution in [2.75, 3.05) is 12.9 Å². The first kappa shape index (κ1) is 19.8. The van der Waals surface area contributed by atoms with Gasteiger partial charge in [-0.25, -0.2) is 4.98 Å². The van der Waals surface area contributed by atoms with Crippen LogP contribution in [-0.4, -0.2) is 28.3 Å². The Balaban J connectivity index is 1.59. The molecular weight excluding hydrogens is 358 g/mol. The number of carbonyl (C=O) groups is 1. The van der Waals surface area contributed by atoms with Crippen LogP contribution >= 0.6 is 11.8 Å². The summed E-state index contributed by atoms with van der Waals surface area (Å²) < 4.78 is 7.70. The molecule has 1 aliphatic rings. The highest BCUT2D eigenvalue weighted by Crippen LogP contribution is 2.34. The number of nitrogens with zero attached hydrogens (tertiary/aromatic N) is 2. The Morgan fingerprint density at radius 3 is 2.74 bits per heavy atom.